The van der Waals surface area contributed by atoms with Crippen LogP contribution < -0.4 is 0 Å². The van der Waals surface area contributed by atoms with Gasteiger partial charge in [-0.2, -0.15) is 0 Å². The number of aldehydes is 1. The van der Waals surface area contributed by atoms with Crippen LogP contribution in [-0.2, 0) is 11.2 Å². The highest BCUT2D eigenvalue weighted by Crippen LogP contribution is 2.34. The number of benzene rings is 2. The molecule has 2 nitrogen and oxygen atoms in total. The summed E-state index contributed by atoms with van der Waals surface area (Å²) in [6.45, 7) is 0. The first-order valence-corrected chi connectivity index (χ1v) is 4.94. The van der Waals surface area contributed by atoms with Crippen LogP contribution in [0.2, 0.25) is 5.02 Å². The normalized spacial score (nSPS) is 10.5. The van der Waals surface area contributed by atoms with Gasteiger partial charge in [-0.15, -0.1) is 0 Å². The highest BCUT2D eigenvalue weighted by Gasteiger charge is 2.09. The maximum Gasteiger partial charge on any atom is 0.127 e. The fourth-order valence-electron chi connectivity index (χ4n) is 1.62. The number of carbonyl (C=O) groups excluding carboxylic acids is 1. The highest BCUT2D eigenvalue weighted by atomic mass is 35.5. The predicted octanol–water partition coefficient (Wildman–Crippen LogP) is 2.94. The quantitative estimate of drug-likeness (QED) is 0.791. The molecule has 3 heteroatoms. The second-order valence-electron chi connectivity index (χ2n) is 3.28. The Bertz CT molecular complexity index is 520. The lowest BCUT2D eigenvalue weighted by molar-refractivity contribution is -0.107. The molecule has 0 saturated heterocycles. The summed E-state index contributed by atoms with van der Waals surface area (Å²) < 4.78 is 0. The van der Waals surface area contributed by atoms with Crippen molar-refractivity contribution in [3.8, 4) is 5.75 Å². The Hall–Kier alpha value is -1.54. The molecule has 0 heterocycles. The summed E-state index contributed by atoms with van der Waals surface area (Å²) in [4.78, 5) is 10.4. The molecule has 0 spiro atoms. The zero-order valence-electron chi connectivity index (χ0n) is 7.90. The van der Waals surface area contributed by atoms with Gasteiger partial charge in [0.05, 0.1) is 0 Å². The fourth-order valence-corrected chi connectivity index (χ4v) is 1.91. The summed E-state index contributed by atoms with van der Waals surface area (Å²) in [5, 5.41) is 11.9. The summed E-state index contributed by atoms with van der Waals surface area (Å²) in [6, 6.07) is 8.93. The van der Waals surface area contributed by atoms with Crippen LogP contribution in [0.3, 0.4) is 0 Å². The van der Waals surface area contributed by atoms with E-state index in [-0.39, 0.29) is 12.2 Å². The molecule has 0 amide bonds. The number of fused-ring (bicyclic) bond motifs is 1. The molecule has 0 unspecified atom stereocenters. The van der Waals surface area contributed by atoms with Crippen LogP contribution in [-0.4, -0.2) is 11.4 Å². The molecule has 0 aliphatic rings. The molecule has 0 aliphatic heterocycles. The minimum absolute atomic E-state index is 0.141. The van der Waals surface area contributed by atoms with Gasteiger partial charge in [0, 0.05) is 27.8 Å². The van der Waals surface area contributed by atoms with E-state index in [1.807, 2.05) is 18.2 Å². The van der Waals surface area contributed by atoms with Crippen molar-refractivity contribution >= 4 is 28.7 Å². The average molecular weight is 221 g/mol. The van der Waals surface area contributed by atoms with Gasteiger partial charge in [0.15, 0.2) is 0 Å². The third-order valence-electron chi connectivity index (χ3n) is 2.35. The Balaban J connectivity index is 2.78. The Labute approximate surface area is 92.1 Å². The lowest BCUT2D eigenvalue weighted by Crippen LogP contribution is -1.88. The standard InChI is InChI=1S/C12H9ClO2/c13-11-7-8(5-6-14)12(15)10-4-2-1-3-9(10)11/h1-4,6-7,15H,5H2. The van der Waals surface area contributed by atoms with E-state index in [1.54, 1.807) is 12.1 Å². The molecule has 0 fully saturated rings. The predicted molar refractivity (Wildman–Crippen MR) is 60.4 cm³/mol. The molecule has 0 radical (unpaired) electrons. The molecule has 2 rings (SSSR count). The number of hydrogen-bond donors (Lipinski definition) is 1. The first-order chi connectivity index (χ1) is 7.24. The van der Waals surface area contributed by atoms with Crippen LogP contribution >= 0.6 is 11.6 Å². The van der Waals surface area contributed by atoms with Crippen molar-refractivity contribution in [2.75, 3.05) is 0 Å². The van der Waals surface area contributed by atoms with Gasteiger partial charge in [-0.3, -0.25) is 0 Å². The number of halogens is 1. The molecule has 2 aromatic carbocycles. The summed E-state index contributed by atoms with van der Waals surface area (Å²) in [6.07, 6.45) is 0.927. The van der Waals surface area contributed by atoms with Crippen LogP contribution in [0.15, 0.2) is 30.3 Å². The SMILES string of the molecule is O=CCc1cc(Cl)c2ccccc2c1O. The van der Waals surface area contributed by atoms with E-state index >= 15 is 0 Å². The topological polar surface area (TPSA) is 37.3 Å². The first-order valence-electron chi connectivity index (χ1n) is 4.56. The zero-order valence-corrected chi connectivity index (χ0v) is 8.66. The molecule has 0 atom stereocenters. The molecule has 1 N–H and O–H groups in total. The van der Waals surface area contributed by atoms with E-state index in [4.69, 9.17) is 11.6 Å². The minimum atomic E-state index is 0.141. The number of phenols is 1. The van der Waals surface area contributed by atoms with Crippen LogP contribution in [0.4, 0.5) is 0 Å². The molecule has 2 aromatic rings. The van der Waals surface area contributed by atoms with Crippen molar-refractivity contribution in [1.29, 1.82) is 0 Å². The van der Waals surface area contributed by atoms with E-state index in [0.717, 1.165) is 11.7 Å². The van der Waals surface area contributed by atoms with Crippen molar-refractivity contribution in [3.63, 3.8) is 0 Å². The monoisotopic (exact) mass is 220 g/mol. The number of phenolic OH excluding ortho intramolecular Hbond substituents is 1. The molecular weight excluding hydrogens is 212 g/mol. The lowest BCUT2D eigenvalue weighted by Gasteiger charge is -2.07. The van der Waals surface area contributed by atoms with Gasteiger partial charge in [-0.25, -0.2) is 0 Å². The third-order valence-corrected chi connectivity index (χ3v) is 2.66. The molecule has 0 bridgehead atoms. The Morgan fingerprint density at radius 1 is 1.27 bits per heavy atom. The van der Waals surface area contributed by atoms with Gasteiger partial charge in [-0.1, -0.05) is 35.9 Å². The Morgan fingerprint density at radius 3 is 2.60 bits per heavy atom. The van der Waals surface area contributed by atoms with Gasteiger partial charge >= 0.3 is 0 Å². The Kier molecular flexibility index (Phi) is 2.60. The second kappa shape index (κ2) is 3.91. The molecule has 0 aliphatic carbocycles. The van der Waals surface area contributed by atoms with Crippen molar-refractivity contribution in [1.82, 2.24) is 0 Å². The summed E-state index contributed by atoms with van der Waals surface area (Å²) in [7, 11) is 0. The van der Waals surface area contributed by atoms with Crippen molar-refractivity contribution in [3.05, 3.63) is 40.9 Å². The van der Waals surface area contributed by atoms with Crippen LogP contribution in [0.5, 0.6) is 5.75 Å². The summed E-state index contributed by atoms with van der Waals surface area (Å²) in [5.41, 5.74) is 0.564. The van der Waals surface area contributed by atoms with Crippen molar-refractivity contribution in [2.24, 2.45) is 0 Å². The lowest BCUT2D eigenvalue weighted by atomic mass is 10.0. The minimum Gasteiger partial charge on any atom is -0.507 e. The maximum atomic E-state index is 10.4. The maximum absolute atomic E-state index is 10.4. The van der Waals surface area contributed by atoms with E-state index in [9.17, 15) is 9.90 Å². The van der Waals surface area contributed by atoms with Crippen LogP contribution in [0, 0.1) is 0 Å². The number of hydrogen-bond acceptors (Lipinski definition) is 2. The first kappa shape index (κ1) is 9.99. The van der Waals surface area contributed by atoms with Gasteiger partial charge < -0.3 is 9.90 Å². The summed E-state index contributed by atoms with van der Waals surface area (Å²) in [5.74, 6) is 0.141. The van der Waals surface area contributed by atoms with Gasteiger partial charge in [0.1, 0.15) is 12.0 Å². The molecule has 0 aromatic heterocycles. The largest absolute Gasteiger partial charge is 0.507 e. The average Bonchev–Trinajstić information content (AvgIpc) is 2.26. The molecule has 76 valence electrons. The number of rotatable bonds is 2. The molecule has 0 saturated carbocycles. The number of aromatic hydroxyl groups is 1. The molecular formula is C12H9ClO2. The Morgan fingerprint density at radius 2 is 1.93 bits per heavy atom. The number of carbonyl (C=O) groups is 1. The van der Waals surface area contributed by atoms with E-state index < -0.39 is 0 Å². The second-order valence-corrected chi connectivity index (χ2v) is 3.69. The highest BCUT2D eigenvalue weighted by molar-refractivity contribution is 6.35. The fraction of sp³-hybridized carbons (Fsp3) is 0.0833. The van der Waals surface area contributed by atoms with Crippen LogP contribution in [0.1, 0.15) is 5.56 Å². The third kappa shape index (κ3) is 1.68. The van der Waals surface area contributed by atoms with E-state index in [0.29, 0.717) is 16.0 Å². The molecule has 15 heavy (non-hydrogen) atoms. The summed E-state index contributed by atoms with van der Waals surface area (Å²) >= 11 is 6.04. The van der Waals surface area contributed by atoms with Crippen molar-refractivity contribution < 1.29 is 9.90 Å². The van der Waals surface area contributed by atoms with E-state index in [1.165, 1.54) is 0 Å². The van der Waals surface area contributed by atoms with Gasteiger partial charge in [0.2, 0.25) is 0 Å². The van der Waals surface area contributed by atoms with Gasteiger partial charge in [-0.05, 0) is 6.07 Å². The van der Waals surface area contributed by atoms with Crippen LogP contribution in [0.25, 0.3) is 10.8 Å². The van der Waals surface area contributed by atoms with E-state index in [2.05, 4.69) is 0 Å². The zero-order chi connectivity index (χ0) is 10.8. The van der Waals surface area contributed by atoms with Crippen molar-refractivity contribution in [2.45, 2.75) is 6.42 Å². The smallest absolute Gasteiger partial charge is 0.127 e. The van der Waals surface area contributed by atoms with Gasteiger partial charge in [0.25, 0.3) is 0 Å².